The van der Waals surface area contributed by atoms with Gasteiger partial charge >= 0.3 is 0 Å². The van der Waals surface area contributed by atoms with Gasteiger partial charge in [-0.05, 0) is 148 Å². The minimum atomic E-state index is -0.162. The lowest BCUT2D eigenvalue weighted by Gasteiger charge is -2.36. The third kappa shape index (κ3) is 6.96. The molecule has 2 unspecified atom stereocenters. The predicted octanol–water partition coefficient (Wildman–Crippen LogP) is 9.82. The molecule has 2 nitrogen and oxygen atoms in total. The van der Waals surface area contributed by atoms with Crippen molar-refractivity contribution in [2.24, 2.45) is 17.8 Å². The second kappa shape index (κ2) is 13.5. The molecule has 5 rings (SSSR count). The number of hydrogen-bond acceptors (Lipinski definition) is 2. The van der Waals surface area contributed by atoms with Gasteiger partial charge in [0.1, 0.15) is 11.6 Å². The molecule has 3 aliphatic carbocycles. The highest BCUT2D eigenvalue weighted by molar-refractivity contribution is 5.67. The number of ether oxygens (including phenoxy) is 1. The molecule has 2 atom stereocenters. The zero-order valence-electron chi connectivity index (χ0n) is 24.2. The maximum Gasteiger partial charge on any atom is 0.130 e. The Morgan fingerprint density at radius 2 is 1.49 bits per heavy atom. The van der Waals surface area contributed by atoms with Crippen LogP contribution in [0.1, 0.15) is 126 Å². The normalized spacial score (nSPS) is 28.5. The molecule has 3 heteroatoms. The molecule has 0 spiro atoms. The fraction of sp³-hybridized carbons (Fsp3) is 0.611. The first-order chi connectivity index (χ1) is 19.1. The van der Waals surface area contributed by atoms with Crippen LogP contribution in [0.2, 0.25) is 0 Å². The summed E-state index contributed by atoms with van der Waals surface area (Å²) in [7, 11) is 0. The van der Waals surface area contributed by atoms with Crippen molar-refractivity contribution in [1.82, 2.24) is 0 Å². The molecule has 2 fully saturated rings. The number of hydrogen-bond donors (Lipinski definition) is 1. The maximum absolute atomic E-state index is 15.3. The number of benzene rings is 2. The van der Waals surface area contributed by atoms with Crippen LogP contribution in [0.5, 0.6) is 5.75 Å². The summed E-state index contributed by atoms with van der Waals surface area (Å²) in [5.74, 6) is 4.01. The van der Waals surface area contributed by atoms with Crippen LogP contribution in [0.4, 0.5) is 4.39 Å². The van der Waals surface area contributed by atoms with Crippen molar-refractivity contribution < 1.29 is 14.2 Å². The Hall–Kier alpha value is -2.13. The average molecular weight is 533 g/mol. The van der Waals surface area contributed by atoms with Crippen LogP contribution >= 0.6 is 0 Å². The number of aliphatic hydroxyl groups excluding tert-OH is 1. The van der Waals surface area contributed by atoms with Crippen LogP contribution in [-0.2, 0) is 0 Å². The van der Waals surface area contributed by atoms with E-state index in [4.69, 9.17) is 4.74 Å². The van der Waals surface area contributed by atoms with Crippen molar-refractivity contribution in [3.8, 4) is 5.75 Å². The van der Waals surface area contributed by atoms with Gasteiger partial charge in [-0.3, -0.25) is 0 Å². The second-order valence-corrected chi connectivity index (χ2v) is 12.6. The molecule has 0 amide bonds. The van der Waals surface area contributed by atoms with Crippen molar-refractivity contribution >= 4 is 5.57 Å². The van der Waals surface area contributed by atoms with E-state index >= 15 is 4.39 Å². The lowest BCUT2D eigenvalue weighted by Crippen LogP contribution is -2.25. The van der Waals surface area contributed by atoms with Crippen molar-refractivity contribution in [3.05, 3.63) is 71.0 Å². The molecule has 0 heterocycles. The first-order valence-electron chi connectivity index (χ1n) is 15.9. The molecule has 0 saturated heterocycles. The Morgan fingerprint density at radius 3 is 2.10 bits per heavy atom. The van der Waals surface area contributed by atoms with E-state index in [0.29, 0.717) is 24.4 Å². The van der Waals surface area contributed by atoms with Gasteiger partial charge in [-0.25, -0.2) is 4.39 Å². The molecule has 0 aliphatic heterocycles. The Balaban J connectivity index is 1.12. The third-order valence-electron chi connectivity index (χ3n) is 10.3. The standard InChI is InChI=1S/C36H49FO2/c1-3-5-36(38)31-16-12-29(13-17-31)32-20-23-34(35(37)24-32)30-14-10-27(11-15-30)25-6-8-26(9-7-25)28-18-21-33(22-19-28)39-4-2/h14,18-27,29,31,36,38H,3-13,15-17H2,1-2H3. The molecule has 212 valence electrons. The molecule has 39 heavy (non-hydrogen) atoms. The van der Waals surface area contributed by atoms with Gasteiger partial charge < -0.3 is 9.84 Å². The number of allylic oxidation sites excluding steroid dienone is 2. The lowest BCUT2D eigenvalue weighted by molar-refractivity contribution is 0.0730. The fourth-order valence-electron chi connectivity index (χ4n) is 7.87. The molecule has 2 saturated carbocycles. The van der Waals surface area contributed by atoms with Crippen LogP contribution < -0.4 is 4.74 Å². The van der Waals surface area contributed by atoms with Gasteiger partial charge in [0, 0.05) is 5.56 Å². The summed E-state index contributed by atoms with van der Waals surface area (Å²) < 4.78 is 20.9. The van der Waals surface area contributed by atoms with Gasteiger partial charge in [0.05, 0.1) is 12.7 Å². The third-order valence-corrected chi connectivity index (χ3v) is 10.3. The highest BCUT2D eigenvalue weighted by Crippen LogP contribution is 2.45. The largest absolute Gasteiger partial charge is 0.494 e. The smallest absolute Gasteiger partial charge is 0.130 e. The number of aliphatic hydroxyl groups is 1. The van der Waals surface area contributed by atoms with Crippen molar-refractivity contribution in [1.29, 1.82) is 0 Å². The molecule has 0 bridgehead atoms. The monoisotopic (exact) mass is 532 g/mol. The Kier molecular flexibility index (Phi) is 9.82. The lowest BCUT2D eigenvalue weighted by atomic mass is 9.70. The summed E-state index contributed by atoms with van der Waals surface area (Å²) in [5.41, 5.74) is 4.65. The molecule has 0 aromatic heterocycles. The minimum absolute atomic E-state index is 0.0406. The first-order valence-corrected chi connectivity index (χ1v) is 15.9. The van der Waals surface area contributed by atoms with Gasteiger partial charge in [0.25, 0.3) is 0 Å². The quantitative estimate of drug-likeness (QED) is 0.348. The summed E-state index contributed by atoms with van der Waals surface area (Å²) in [4.78, 5) is 0. The van der Waals surface area contributed by atoms with Crippen molar-refractivity contribution in [2.75, 3.05) is 6.61 Å². The Morgan fingerprint density at radius 1 is 0.821 bits per heavy atom. The van der Waals surface area contributed by atoms with Crippen molar-refractivity contribution in [2.45, 2.75) is 115 Å². The Bertz CT molecular complexity index is 1070. The van der Waals surface area contributed by atoms with E-state index in [1.54, 1.807) is 0 Å². The molecule has 3 aliphatic rings. The van der Waals surface area contributed by atoms with Gasteiger partial charge in [0.2, 0.25) is 0 Å². The van der Waals surface area contributed by atoms with Gasteiger partial charge in [-0.1, -0.05) is 43.7 Å². The zero-order valence-corrected chi connectivity index (χ0v) is 24.2. The van der Waals surface area contributed by atoms with E-state index in [0.717, 1.165) is 80.1 Å². The van der Waals surface area contributed by atoms with Gasteiger partial charge in [-0.2, -0.15) is 0 Å². The highest BCUT2D eigenvalue weighted by atomic mass is 19.1. The highest BCUT2D eigenvalue weighted by Gasteiger charge is 2.30. The van der Waals surface area contributed by atoms with Crippen LogP contribution in [0.3, 0.4) is 0 Å². The van der Waals surface area contributed by atoms with Crippen LogP contribution in [0.25, 0.3) is 5.57 Å². The molecular formula is C36H49FO2. The summed E-state index contributed by atoms with van der Waals surface area (Å²) in [6.07, 6.45) is 16.8. The van der Waals surface area contributed by atoms with Gasteiger partial charge in [-0.15, -0.1) is 0 Å². The first kappa shape index (κ1) is 28.4. The summed E-state index contributed by atoms with van der Waals surface area (Å²) in [6.45, 7) is 4.88. The SMILES string of the molecule is CCCC(O)C1CCC(c2ccc(C3=CCC(C4CCC(c5ccc(OCC)cc5)CC4)CC3)c(F)c2)CC1. The molecular weight excluding hydrogens is 483 g/mol. The van der Waals surface area contributed by atoms with E-state index in [9.17, 15) is 5.11 Å². The number of rotatable bonds is 9. The zero-order chi connectivity index (χ0) is 27.2. The minimum Gasteiger partial charge on any atom is -0.494 e. The molecule has 1 N–H and O–H groups in total. The van der Waals surface area contributed by atoms with Crippen molar-refractivity contribution in [3.63, 3.8) is 0 Å². The summed E-state index contributed by atoms with van der Waals surface area (Å²) in [5, 5.41) is 10.4. The Labute approximate surface area is 236 Å². The summed E-state index contributed by atoms with van der Waals surface area (Å²) >= 11 is 0. The maximum atomic E-state index is 15.3. The fourth-order valence-corrected chi connectivity index (χ4v) is 7.87. The second-order valence-electron chi connectivity index (χ2n) is 12.6. The average Bonchev–Trinajstić information content (AvgIpc) is 2.98. The summed E-state index contributed by atoms with van der Waals surface area (Å²) in [6, 6.07) is 14.8. The molecule has 0 radical (unpaired) electrons. The molecule has 2 aromatic rings. The van der Waals surface area contributed by atoms with Crippen LogP contribution in [-0.4, -0.2) is 17.8 Å². The van der Waals surface area contributed by atoms with E-state index in [1.165, 1.54) is 43.2 Å². The van der Waals surface area contributed by atoms with E-state index < -0.39 is 0 Å². The van der Waals surface area contributed by atoms with E-state index in [-0.39, 0.29) is 11.9 Å². The van der Waals surface area contributed by atoms with Gasteiger partial charge in [0.15, 0.2) is 0 Å². The predicted molar refractivity (Wildman–Crippen MR) is 160 cm³/mol. The van der Waals surface area contributed by atoms with Crippen LogP contribution in [0, 0.1) is 23.6 Å². The van der Waals surface area contributed by atoms with E-state index in [2.05, 4.69) is 49.4 Å². The van der Waals surface area contributed by atoms with Crippen LogP contribution in [0.15, 0.2) is 48.5 Å². The van der Waals surface area contributed by atoms with E-state index in [1.807, 2.05) is 13.0 Å². The number of halogens is 1. The topological polar surface area (TPSA) is 29.5 Å². The molecule has 2 aromatic carbocycles.